The molecular formula is C11H9NO3. The molecule has 1 aliphatic heterocycles. The molecule has 0 aliphatic carbocycles. The predicted octanol–water partition coefficient (Wildman–Crippen LogP) is 1.31. The van der Waals surface area contributed by atoms with E-state index in [9.17, 15) is 9.59 Å². The number of hydrogen-bond donors (Lipinski definition) is 1. The summed E-state index contributed by atoms with van der Waals surface area (Å²) in [6.45, 7) is 0. The lowest BCUT2D eigenvalue weighted by Crippen LogP contribution is -2.30. The summed E-state index contributed by atoms with van der Waals surface area (Å²) >= 11 is 0. The summed E-state index contributed by atoms with van der Waals surface area (Å²) in [4.78, 5) is 25.8. The summed E-state index contributed by atoms with van der Waals surface area (Å²) in [5.41, 5.74) is 0.260. The number of rotatable bonds is 3. The Bertz CT molecular complexity index is 453. The maximum Gasteiger partial charge on any atom is 0.305 e. The zero-order valence-corrected chi connectivity index (χ0v) is 7.88. The van der Waals surface area contributed by atoms with Gasteiger partial charge in [0.2, 0.25) is 0 Å². The Balaban J connectivity index is 2.50. The van der Waals surface area contributed by atoms with Gasteiger partial charge in [0, 0.05) is 6.21 Å². The Labute approximate surface area is 86.3 Å². The monoisotopic (exact) mass is 203 g/mol. The number of hydrogen-bond acceptors (Lipinski definition) is 3. The van der Waals surface area contributed by atoms with Gasteiger partial charge in [-0.2, -0.15) is 0 Å². The van der Waals surface area contributed by atoms with Crippen LogP contribution in [0, 0.1) is 0 Å². The summed E-state index contributed by atoms with van der Waals surface area (Å²) in [6.07, 6.45) is 1.81. The van der Waals surface area contributed by atoms with Gasteiger partial charge in [-0.25, -0.2) is 0 Å². The van der Waals surface area contributed by atoms with Crippen molar-refractivity contribution in [3.8, 4) is 0 Å². The fraction of sp³-hybridized carbons (Fsp3) is 0.182. The van der Waals surface area contributed by atoms with Crippen LogP contribution in [0.15, 0.2) is 29.3 Å². The average molecular weight is 203 g/mol. The van der Waals surface area contributed by atoms with Crippen molar-refractivity contribution in [1.29, 1.82) is 0 Å². The molecule has 76 valence electrons. The van der Waals surface area contributed by atoms with E-state index in [1.54, 1.807) is 24.3 Å². The van der Waals surface area contributed by atoms with Gasteiger partial charge in [-0.15, -0.1) is 0 Å². The van der Waals surface area contributed by atoms with E-state index in [-0.39, 0.29) is 6.42 Å². The van der Waals surface area contributed by atoms with E-state index in [2.05, 4.69) is 4.99 Å². The van der Waals surface area contributed by atoms with Crippen molar-refractivity contribution >= 4 is 24.2 Å². The summed E-state index contributed by atoms with van der Waals surface area (Å²) < 4.78 is 0. The van der Waals surface area contributed by atoms with Crippen molar-refractivity contribution < 1.29 is 14.7 Å². The Morgan fingerprint density at radius 2 is 2.20 bits per heavy atom. The van der Waals surface area contributed by atoms with Crippen LogP contribution in [-0.4, -0.2) is 23.6 Å². The molecule has 2 rings (SSSR count). The second kappa shape index (κ2) is 3.31. The van der Waals surface area contributed by atoms with Gasteiger partial charge in [-0.05, 0) is 11.6 Å². The molecule has 0 bridgehead atoms. The number of aldehydes is 1. The van der Waals surface area contributed by atoms with Gasteiger partial charge < -0.3 is 9.90 Å². The number of carbonyl (C=O) groups excluding carboxylic acids is 1. The Kier molecular flexibility index (Phi) is 2.11. The zero-order valence-electron chi connectivity index (χ0n) is 7.88. The average Bonchev–Trinajstić information content (AvgIpc) is 2.58. The van der Waals surface area contributed by atoms with E-state index in [1.807, 2.05) is 0 Å². The molecule has 1 aliphatic rings. The molecule has 4 nitrogen and oxygen atoms in total. The summed E-state index contributed by atoms with van der Waals surface area (Å²) in [5, 5.41) is 8.78. The lowest BCUT2D eigenvalue weighted by atomic mass is 9.81. The number of para-hydroxylation sites is 1. The topological polar surface area (TPSA) is 66.7 Å². The maximum atomic E-state index is 11.1. The first-order chi connectivity index (χ1) is 7.18. The second-order valence-corrected chi connectivity index (χ2v) is 3.50. The molecule has 15 heavy (non-hydrogen) atoms. The zero-order chi connectivity index (χ0) is 10.9. The summed E-state index contributed by atoms with van der Waals surface area (Å²) in [6, 6.07) is 7.07. The highest BCUT2D eigenvalue weighted by atomic mass is 16.4. The number of carbonyl (C=O) groups is 2. The van der Waals surface area contributed by atoms with Crippen molar-refractivity contribution in [1.82, 2.24) is 0 Å². The second-order valence-electron chi connectivity index (χ2n) is 3.50. The van der Waals surface area contributed by atoms with Crippen LogP contribution in [0.4, 0.5) is 5.69 Å². The highest BCUT2D eigenvalue weighted by molar-refractivity contribution is 6.03. The Morgan fingerprint density at radius 3 is 2.87 bits per heavy atom. The number of carboxylic acid groups (broad SMARTS) is 1. The molecule has 1 aromatic carbocycles. The lowest BCUT2D eigenvalue weighted by Gasteiger charge is -2.17. The molecule has 0 aromatic heterocycles. The molecule has 1 unspecified atom stereocenters. The van der Waals surface area contributed by atoms with Crippen molar-refractivity contribution in [3.63, 3.8) is 0 Å². The molecule has 0 saturated heterocycles. The minimum Gasteiger partial charge on any atom is -0.481 e. The van der Waals surface area contributed by atoms with Crippen LogP contribution in [0.3, 0.4) is 0 Å². The Morgan fingerprint density at radius 1 is 1.47 bits per heavy atom. The first-order valence-corrected chi connectivity index (χ1v) is 4.51. The van der Waals surface area contributed by atoms with Gasteiger partial charge in [0.05, 0.1) is 17.5 Å². The van der Waals surface area contributed by atoms with Gasteiger partial charge in [0.1, 0.15) is 6.29 Å². The van der Waals surface area contributed by atoms with Gasteiger partial charge >= 0.3 is 5.97 Å². The van der Waals surface area contributed by atoms with Crippen molar-refractivity contribution in [2.24, 2.45) is 4.99 Å². The van der Waals surface area contributed by atoms with Gasteiger partial charge in [0.15, 0.2) is 0 Å². The third-order valence-electron chi connectivity index (χ3n) is 2.49. The molecule has 0 spiro atoms. The van der Waals surface area contributed by atoms with Crippen LogP contribution in [-0.2, 0) is 15.0 Å². The molecule has 0 fully saturated rings. The molecule has 0 amide bonds. The van der Waals surface area contributed by atoms with Crippen molar-refractivity contribution in [2.75, 3.05) is 0 Å². The van der Waals surface area contributed by atoms with E-state index in [0.29, 0.717) is 17.5 Å². The highest BCUT2D eigenvalue weighted by Gasteiger charge is 2.38. The van der Waals surface area contributed by atoms with Crippen LogP contribution in [0.25, 0.3) is 0 Å². The fourth-order valence-corrected chi connectivity index (χ4v) is 1.76. The number of nitrogens with zero attached hydrogens (tertiary/aromatic N) is 1. The first-order valence-electron chi connectivity index (χ1n) is 4.51. The van der Waals surface area contributed by atoms with E-state index in [4.69, 9.17) is 5.11 Å². The minimum absolute atomic E-state index is 0.253. The third kappa shape index (κ3) is 1.44. The van der Waals surface area contributed by atoms with Crippen LogP contribution in [0.1, 0.15) is 12.0 Å². The smallest absolute Gasteiger partial charge is 0.305 e. The number of carboxylic acids is 1. The maximum absolute atomic E-state index is 11.1. The lowest BCUT2D eigenvalue weighted by molar-refractivity contribution is -0.138. The van der Waals surface area contributed by atoms with E-state index >= 15 is 0 Å². The number of aliphatic carboxylic acids is 1. The van der Waals surface area contributed by atoms with Crippen LogP contribution in [0.2, 0.25) is 0 Å². The van der Waals surface area contributed by atoms with E-state index in [1.165, 1.54) is 6.21 Å². The van der Waals surface area contributed by atoms with Crippen molar-refractivity contribution in [2.45, 2.75) is 11.8 Å². The highest BCUT2D eigenvalue weighted by Crippen LogP contribution is 2.37. The number of fused-ring (bicyclic) bond motifs is 1. The molecular weight excluding hydrogens is 194 g/mol. The summed E-state index contributed by atoms with van der Waals surface area (Å²) in [7, 11) is 0. The SMILES string of the molecule is O=CC1(CC(=O)O)C=Nc2ccccc21. The normalized spacial score (nSPS) is 22.4. The molecule has 1 heterocycles. The Hall–Kier alpha value is -1.97. The quantitative estimate of drug-likeness (QED) is 0.753. The fourth-order valence-electron chi connectivity index (χ4n) is 1.76. The van der Waals surface area contributed by atoms with E-state index in [0.717, 1.165) is 0 Å². The largest absolute Gasteiger partial charge is 0.481 e. The minimum atomic E-state index is -1.08. The van der Waals surface area contributed by atoms with Crippen LogP contribution in [0.5, 0.6) is 0 Å². The summed E-state index contributed by atoms with van der Waals surface area (Å²) in [5.74, 6) is -1.01. The van der Waals surface area contributed by atoms with Gasteiger partial charge in [-0.1, -0.05) is 18.2 Å². The van der Waals surface area contributed by atoms with Crippen LogP contribution >= 0.6 is 0 Å². The molecule has 0 saturated carbocycles. The predicted molar refractivity (Wildman–Crippen MR) is 54.6 cm³/mol. The third-order valence-corrected chi connectivity index (χ3v) is 2.49. The van der Waals surface area contributed by atoms with Crippen LogP contribution < -0.4 is 0 Å². The van der Waals surface area contributed by atoms with Crippen molar-refractivity contribution in [3.05, 3.63) is 29.8 Å². The molecule has 1 aromatic rings. The van der Waals surface area contributed by atoms with Gasteiger partial charge in [0.25, 0.3) is 0 Å². The molecule has 1 atom stereocenters. The standard InChI is InChI=1S/C11H9NO3/c13-7-11(5-10(14)15)6-12-9-4-2-1-3-8(9)11/h1-4,6-7H,5H2,(H,14,15). The molecule has 4 heteroatoms. The van der Waals surface area contributed by atoms with E-state index < -0.39 is 11.4 Å². The number of benzene rings is 1. The van der Waals surface area contributed by atoms with Gasteiger partial charge in [-0.3, -0.25) is 9.79 Å². The molecule has 1 N–H and O–H groups in total. The molecule has 0 radical (unpaired) electrons. The first kappa shape index (κ1) is 9.58. The number of aliphatic imine (C=N–C) groups is 1.